The first-order valence-electron chi connectivity index (χ1n) is 7.31. The molecule has 3 heteroatoms. The summed E-state index contributed by atoms with van der Waals surface area (Å²) in [6.07, 6.45) is 0.0394. The third-order valence-electron chi connectivity index (χ3n) is 3.81. The van der Waals surface area contributed by atoms with Crippen molar-refractivity contribution in [3.05, 3.63) is 60.2 Å². The third kappa shape index (κ3) is 3.70. The van der Waals surface area contributed by atoms with Gasteiger partial charge in [0, 0.05) is 7.11 Å². The highest BCUT2D eigenvalue weighted by atomic mass is 16.5. The molecule has 0 fully saturated rings. The van der Waals surface area contributed by atoms with Crippen molar-refractivity contribution in [2.24, 2.45) is 11.8 Å². The SMILES string of the molecule is COC(C(C)C)C(NN)c1ccc(-c2ccccc2)cc1. The van der Waals surface area contributed by atoms with Crippen molar-refractivity contribution in [1.82, 2.24) is 5.43 Å². The van der Waals surface area contributed by atoms with Crippen LogP contribution in [-0.2, 0) is 4.74 Å². The second kappa shape index (κ2) is 7.36. The molecule has 0 heterocycles. The van der Waals surface area contributed by atoms with Crippen LogP contribution in [0.25, 0.3) is 11.1 Å². The minimum atomic E-state index is -0.0141. The van der Waals surface area contributed by atoms with E-state index in [1.807, 2.05) is 18.2 Å². The van der Waals surface area contributed by atoms with E-state index in [9.17, 15) is 0 Å². The molecular formula is C18H24N2O. The van der Waals surface area contributed by atoms with E-state index in [4.69, 9.17) is 10.6 Å². The summed E-state index contributed by atoms with van der Waals surface area (Å²) >= 11 is 0. The molecule has 3 nitrogen and oxygen atoms in total. The van der Waals surface area contributed by atoms with Gasteiger partial charge in [-0.15, -0.1) is 0 Å². The van der Waals surface area contributed by atoms with Crippen LogP contribution in [0.5, 0.6) is 0 Å². The van der Waals surface area contributed by atoms with Crippen LogP contribution in [0.3, 0.4) is 0 Å². The molecule has 0 amide bonds. The molecule has 2 aromatic rings. The van der Waals surface area contributed by atoms with Crippen molar-refractivity contribution in [1.29, 1.82) is 0 Å². The number of nitrogens with one attached hydrogen (secondary N) is 1. The first-order valence-corrected chi connectivity index (χ1v) is 7.31. The fourth-order valence-corrected chi connectivity index (χ4v) is 2.69. The van der Waals surface area contributed by atoms with Gasteiger partial charge < -0.3 is 4.74 Å². The average Bonchev–Trinajstić information content (AvgIpc) is 2.53. The van der Waals surface area contributed by atoms with Gasteiger partial charge in [-0.05, 0) is 22.6 Å². The summed E-state index contributed by atoms with van der Waals surface area (Å²) in [6.45, 7) is 4.27. The van der Waals surface area contributed by atoms with Crippen LogP contribution in [0.4, 0.5) is 0 Å². The van der Waals surface area contributed by atoms with Crippen LogP contribution in [-0.4, -0.2) is 13.2 Å². The molecule has 0 saturated heterocycles. The minimum absolute atomic E-state index is 0.0141. The van der Waals surface area contributed by atoms with Gasteiger partial charge in [0.1, 0.15) is 0 Å². The van der Waals surface area contributed by atoms with Crippen molar-refractivity contribution in [3.8, 4) is 11.1 Å². The highest BCUT2D eigenvalue weighted by Gasteiger charge is 2.24. The lowest BCUT2D eigenvalue weighted by molar-refractivity contribution is 0.0326. The lowest BCUT2D eigenvalue weighted by Crippen LogP contribution is -2.40. The van der Waals surface area contributed by atoms with E-state index in [1.165, 1.54) is 11.1 Å². The number of nitrogens with two attached hydrogens (primary N) is 1. The smallest absolute Gasteiger partial charge is 0.0801 e. The molecule has 2 unspecified atom stereocenters. The Labute approximate surface area is 127 Å². The summed E-state index contributed by atoms with van der Waals surface area (Å²) in [4.78, 5) is 0. The number of benzene rings is 2. The normalized spacial score (nSPS) is 14.1. The zero-order valence-corrected chi connectivity index (χ0v) is 12.9. The Kier molecular flexibility index (Phi) is 5.51. The fourth-order valence-electron chi connectivity index (χ4n) is 2.69. The van der Waals surface area contributed by atoms with Crippen molar-refractivity contribution in [2.45, 2.75) is 26.0 Å². The maximum Gasteiger partial charge on any atom is 0.0801 e. The fraction of sp³-hybridized carbons (Fsp3) is 0.333. The lowest BCUT2D eigenvalue weighted by atomic mass is 9.92. The van der Waals surface area contributed by atoms with Crippen molar-refractivity contribution in [2.75, 3.05) is 7.11 Å². The molecule has 0 aliphatic rings. The van der Waals surface area contributed by atoms with Crippen molar-refractivity contribution in [3.63, 3.8) is 0 Å². The van der Waals surface area contributed by atoms with Crippen LogP contribution >= 0.6 is 0 Å². The van der Waals surface area contributed by atoms with E-state index in [1.54, 1.807) is 7.11 Å². The highest BCUT2D eigenvalue weighted by molar-refractivity contribution is 5.63. The number of hydrogen-bond acceptors (Lipinski definition) is 3. The maximum absolute atomic E-state index is 5.74. The zero-order valence-electron chi connectivity index (χ0n) is 12.9. The van der Waals surface area contributed by atoms with Gasteiger partial charge in [-0.1, -0.05) is 68.4 Å². The average molecular weight is 284 g/mol. The van der Waals surface area contributed by atoms with Gasteiger partial charge in [-0.25, -0.2) is 0 Å². The molecule has 0 saturated carbocycles. The second-order valence-corrected chi connectivity index (χ2v) is 5.58. The van der Waals surface area contributed by atoms with Crippen molar-refractivity contribution < 1.29 is 4.74 Å². The first-order chi connectivity index (χ1) is 10.2. The van der Waals surface area contributed by atoms with E-state index in [2.05, 4.69) is 55.7 Å². The van der Waals surface area contributed by atoms with E-state index in [0.29, 0.717) is 5.92 Å². The minimum Gasteiger partial charge on any atom is -0.379 e. The topological polar surface area (TPSA) is 47.3 Å². The van der Waals surface area contributed by atoms with Gasteiger partial charge in [0.2, 0.25) is 0 Å². The molecule has 2 atom stereocenters. The predicted molar refractivity (Wildman–Crippen MR) is 87.6 cm³/mol. The lowest BCUT2D eigenvalue weighted by Gasteiger charge is -2.29. The molecule has 21 heavy (non-hydrogen) atoms. The zero-order chi connectivity index (χ0) is 15.2. The molecule has 0 aromatic heterocycles. The summed E-state index contributed by atoms with van der Waals surface area (Å²) in [5.74, 6) is 6.12. The molecule has 0 aliphatic heterocycles. The third-order valence-corrected chi connectivity index (χ3v) is 3.81. The van der Waals surface area contributed by atoms with Crippen LogP contribution in [0.1, 0.15) is 25.5 Å². The summed E-state index contributed by atoms with van der Waals surface area (Å²) in [5.41, 5.74) is 6.44. The molecule has 0 bridgehead atoms. The quantitative estimate of drug-likeness (QED) is 0.630. The molecule has 112 valence electrons. The van der Waals surface area contributed by atoms with E-state index >= 15 is 0 Å². The molecular weight excluding hydrogens is 260 g/mol. The number of ether oxygens (including phenoxy) is 1. The van der Waals surface area contributed by atoms with Crippen LogP contribution in [0, 0.1) is 5.92 Å². The Balaban J connectivity index is 2.24. The Morgan fingerprint density at radius 3 is 1.95 bits per heavy atom. The maximum atomic E-state index is 5.74. The molecule has 0 aliphatic carbocycles. The number of hydrogen-bond donors (Lipinski definition) is 2. The van der Waals surface area contributed by atoms with Crippen LogP contribution in [0.15, 0.2) is 54.6 Å². The van der Waals surface area contributed by atoms with Crippen molar-refractivity contribution >= 4 is 0 Å². The van der Waals surface area contributed by atoms with E-state index in [-0.39, 0.29) is 12.1 Å². The summed E-state index contributed by atoms with van der Waals surface area (Å²) in [6, 6.07) is 18.8. The van der Waals surface area contributed by atoms with Gasteiger partial charge in [0.05, 0.1) is 12.1 Å². The van der Waals surface area contributed by atoms with Gasteiger partial charge in [-0.3, -0.25) is 11.3 Å². The summed E-state index contributed by atoms with van der Waals surface area (Å²) < 4.78 is 5.59. The number of hydrazine groups is 1. The Hall–Kier alpha value is -1.68. The predicted octanol–water partition coefficient (Wildman–Crippen LogP) is 3.53. The van der Waals surface area contributed by atoms with Crippen LogP contribution in [0.2, 0.25) is 0 Å². The number of methoxy groups -OCH3 is 1. The van der Waals surface area contributed by atoms with E-state index < -0.39 is 0 Å². The second-order valence-electron chi connectivity index (χ2n) is 5.58. The first kappa shape index (κ1) is 15.7. The Morgan fingerprint density at radius 2 is 1.48 bits per heavy atom. The van der Waals surface area contributed by atoms with Gasteiger partial charge in [0.15, 0.2) is 0 Å². The molecule has 0 spiro atoms. The van der Waals surface area contributed by atoms with Gasteiger partial charge in [0.25, 0.3) is 0 Å². The Bertz CT molecular complexity index is 537. The van der Waals surface area contributed by atoms with E-state index in [0.717, 1.165) is 5.56 Å². The molecule has 3 N–H and O–H groups in total. The standard InChI is InChI=1S/C18H24N2O/c1-13(2)18(21-3)17(20-19)16-11-9-15(10-12-16)14-7-5-4-6-8-14/h4-13,17-18,20H,19H2,1-3H3. The van der Waals surface area contributed by atoms with Crippen LogP contribution < -0.4 is 11.3 Å². The van der Waals surface area contributed by atoms with Gasteiger partial charge >= 0.3 is 0 Å². The molecule has 2 aromatic carbocycles. The molecule has 0 radical (unpaired) electrons. The monoisotopic (exact) mass is 284 g/mol. The Morgan fingerprint density at radius 1 is 0.905 bits per heavy atom. The molecule has 2 rings (SSSR count). The summed E-state index contributed by atoms with van der Waals surface area (Å²) in [5, 5.41) is 0. The largest absolute Gasteiger partial charge is 0.379 e. The summed E-state index contributed by atoms with van der Waals surface area (Å²) in [7, 11) is 1.73. The number of rotatable bonds is 6. The van der Waals surface area contributed by atoms with Gasteiger partial charge in [-0.2, -0.15) is 0 Å². The highest BCUT2D eigenvalue weighted by Crippen LogP contribution is 2.26.